The normalized spacial score (nSPS) is 34.5. The maximum Gasteiger partial charge on any atom is 0.0968 e. The quantitative estimate of drug-likeness (QED) is 0.814. The molecular formula is C17H31NO3. The maximum absolute atomic E-state index is 8.93. The number of nitriles is 1. The Morgan fingerprint density at radius 1 is 1.24 bits per heavy atom. The van der Waals surface area contributed by atoms with Gasteiger partial charge in [0, 0.05) is 19.4 Å². The number of aliphatic hydroxyl groups excluding tert-OH is 1. The summed E-state index contributed by atoms with van der Waals surface area (Å²) in [5.74, 6) is 0. The molecule has 0 spiro atoms. The van der Waals surface area contributed by atoms with E-state index in [1.165, 1.54) is 0 Å². The van der Waals surface area contributed by atoms with Crippen molar-refractivity contribution in [1.29, 1.82) is 5.26 Å². The molecule has 2 fully saturated rings. The zero-order chi connectivity index (χ0) is 15.7. The molecular weight excluding hydrogens is 266 g/mol. The van der Waals surface area contributed by atoms with Crippen molar-refractivity contribution in [3.8, 4) is 6.07 Å². The lowest BCUT2D eigenvalue weighted by Crippen LogP contribution is -2.47. The van der Waals surface area contributed by atoms with Crippen LogP contribution < -0.4 is 0 Å². The van der Waals surface area contributed by atoms with Crippen molar-refractivity contribution in [3.63, 3.8) is 0 Å². The van der Waals surface area contributed by atoms with E-state index >= 15 is 0 Å². The van der Waals surface area contributed by atoms with Crippen LogP contribution in [0.4, 0.5) is 0 Å². The zero-order valence-corrected chi connectivity index (χ0v) is 13.8. The fourth-order valence-corrected chi connectivity index (χ4v) is 3.48. The fourth-order valence-electron chi connectivity index (χ4n) is 3.48. The third-order valence-electron chi connectivity index (χ3n) is 4.53. The van der Waals surface area contributed by atoms with Crippen molar-refractivity contribution in [2.75, 3.05) is 6.61 Å². The summed E-state index contributed by atoms with van der Waals surface area (Å²) in [6.07, 6.45) is 7.74. The lowest BCUT2D eigenvalue weighted by atomic mass is 9.83. The monoisotopic (exact) mass is 297 g/mol. The molecule has 0 radical (unpaired) electrons. The highest BCUT2D eigenvalue weighted by Gasteiger charge is 2.51. The Labute approximate surface area is 129 Å². The molecule has 0 unspecified atom stereocenters. The van der Waals surface area contributed by atoms with Crippen molar-refractivity contribution in [2.24, 2.45) is 0 Å². The molecule has 0 aliphatic carbocycles. The summed E-state index contributed by atoms with van der Waals surface area (Å²) in [5, 5.41) is 17.6. The van der Waals surface area contributed by atoms with Gasteiger partial charge in [-0.2, -0.15) is 5.26 Å². The minimum absolute atomic E-state index is 0.140. The Morgan fingerprint density at radius 2 is 2.00 bits per heavy atom. The average molecular weight is 297 g/mol. The number of hydrogen-bond acceptors (Lipinski definition) is 4. The van der Waals surface area contributed by atoms with Gasteiger partial charge in [0.05, 0.1) is 30.0 Å². The molecule has 0 saturated carbocycles. The van der Waals surface area contributed by atoms with Gasteiger partial charge in [0.1, 0.15) is 0 Å². The van der Waals surface area contributed by atoms with E-state index in [0.717, 1.165) is 44.9 Å². The van der Waals surface area contributed by atoms with Crippen LogP contribution in [0, 0.1) is 11.3 Å². The lowest BCUT2D eigenvalue weighted by molar-refractivity contribution is -0.168. The first-order valence-electron chi connectivity index (χ1n) is 8.55. The summed E-state index contributed by atoms with van der Waals surface area (Å²) in [5.41, 5.74) is -0.140. The summed E-state index contributed by atoms with van der Waals surface area (Å²) in [7, 11) is 0. The molecule has 0 amide bonds. The van der Waals surface area contributed by atoms with Gasteiger partial charge < -0.3 is 14.6 Å². The molecule has 1 N–H and O–H groups in total. The molecule has 0 aromatic rings. The van der Waals surface area contributed by atoms with Crippen LogP contribution in [0.5, 0.6) is 0 Å². The molecule has 2 aliphatic heterocycles. The van der Waals surface area contributed by atoms with Crippen LogP contribution in [0.1, 0.15) is 72.1 Å². The van der Waals surface area contributed by atoms with Crippen molar-refractivity contribution in [3.05, 3.63) is 0 Å². The highest BCUT2D eigenvalue weighted by atomic mass is 16.6. The zero-order valence-electron chi connectivity index (χ0n) is 13.8. The van der Waals surface area contributed by atoms with Crippen LogP contribution in [-0.4, -0.2) is 35.6 Å². The van der Waals surface area contributed by atoms with E-state index in [0.29, 0.717) is 6.42 Å². The molecule has 0 aromatic carbocycles. The van der Waals surface area contributed by atoms with Crippen molar-refractivity contribution in [2.45, 2.75) is 96.1 Å². The SMILES string of the molecule is CC.CC[C@]12C[C@H](CCCO)O[C@H]1CC[C@H](CCC#N)O2. The van der Waals surface area contributed by atoms with Crippen molar-refractivity contribution >= 4 is 0 Å². The standard InChI is InChI=1S/C15H25NO3.C2H6/c1-2-15-11-13(6-4-10-17)18-14(15)8-7-12(19-15)5-3-9-16;1-2/h12-14,17H,2-8,10-11H2,1H3;1-2H3/t12-,13-,14-,15-;/m0./s1. The van der Waals surface area contributed by atoms with Crippen molar-refractivity contribution in [1.82, 2.24) is 0 Å². The molecule has 2 heterocycles. The van der Waals surface area contributed by atoms with Gasteiger partial charge in [0.2, 0.25) is 0 Å². The summed E-state index contributed by atoms with van der Waals surface area (Å²) >= 11 is 0. The Bertz CT molecular complexity index is 328. The topological polar surface area (TPSA) is 62.5 Å². The number of aliphatic hydroxyl groups is 1. The molecule has 2 rings (SSSR count). The molecule has 4 atom stereocenters. The van der Waals surface area contributed by atoms with E-state index in [4.69, 9.17) is 19.8 Å². The molecule has 0 bridgehead atoms. The highest BCUT2D eigenvalue weighted by Crippen LogP contribution is 2.45. The van der Waals surface area contributed by atoms with E-state index < -0.39 is 0 Å². The first-order chi connectivity index (χ1) is 10.2. The van der Waals surface area contributed by atoms with Crippen LogP contribution in [-0.2, 0) is 9.47 Å². The van der Waals surface area contributed by atoms with Gasteiger partial charge >= 0.3 is 0 Å². The lowest BCUT2D eigenvalue weighted by Gasteiger charge is -2.41. The van der Waals surface area contributed by atoms with Gasteiger partial charge in [-0.25, -0.2) is 0 Å². The molecule has 2 aliphatic rings. The molecule has 21 heavy (non-hydrogen) atoms. The number of ether oxygens (including phenoxy) is 2. The minimum atomic E-state index is -0.140. The summed E-state index contributed by atoms with van der Waals surface area (Å²) < 4.78 is 12.4. The Balaban J connectivity index is 0.00000106. The van der Waals surface area contributed by atoms with E-state index in [1.807, 2.05) is 13.8 Å². The maximum atomic E-state index is 8.93. The van der Waals surface area contributed by atoms with Crippen LogP contribution in [0.15, 0.2) is 0 Å². The first-order valence-corrected chi connectivity index (χ1v) is 8.55. The largest absolute Gasteiger partial charge is 0.396 e. The molecule has 4 nitrogen and oxygen atoms in total. The van der Waals surface area contributed by atoms with E-state index in [-0.39, 0.29) is 30.5 Å². The van der Waals surface area contributed by atoms with Crippen LogP contribution in [0.2, 0.25) is 0 Å². The molecule has 122 valence electrons. The van der Waals surface area contributed by atoms with Gasteiger partial charge in [0.25, 0.3) is 0 Å². The number of fused-ring (bicyclic) bond motifs is 1. The van der Waals surface area contributed by atoms with Crippen LogP contribution in [0.3, 0.4) is 0 Å². The third kappa shape index (κ3) is 4.67. The second-order valence-electron chi connectivity index (χ2n) is 5.75. The van der Waals surface area contributed by atoms with Gasteiger partial charge in [-0.15, -0.1) is 0 Å². The molecule has 4 heteroatoms. The minimum Gasteiger partial charge on any atom is -0.396 e. The summed E-state index contributed by atoms with van der Waals surface area (Å²) in [6, 6.07) is 2.20. The highest BCUT2D eigenvalue weighted by molar-refractivity contribution is 5.00. The van der Waals surface area contributed by atoms with E-state index in [2.05, 4.69) is 13.0 Å². The Hall–Kier alpha value is -0.630. The van der Waals surface area contributed by atoms with Crippen LogP contribution >= 0.6 is 0 Å². The van der Waals surface area contributed by atoms with Gasteiger partial charge in [0.15, 0.2) is 0 Å². The predicted octanol–water partition coefficient (Wildman–Crippen LogP) is 3.57. The van der Waals surface area contributed by atoms with E-state index in [9.17, 15) is 0 Å². The second-order valence-corrected chi connectivity index (χ2v) is 5.75. The molecule has 0 aromatic heterocycles. The van der Waals surface area contributed by atoms with Crippen molar-refractivity contribution < 1.29 is 14.6 Å². The van der Waals surface area contributed by atoms with Gasteiger partial charge in [-0.3, -0.25) is 0 Å². The van der Waals surface area contributed by atoms with E-state index in [1.54, 1.807) is 0 Å². The van der Waals surface area contributed by atoms with Gasteiger partial charge in [-0.1, -0.05) is 20.8 Å². The summed E-state index contributed by atoms with van der Waals surface area (Å²) in [6.45, 7) is 6.40. The third-order valence-corrected chi connectivity index (χ3v) is 4.53. The average Bonchev–Trinajstić information content (AvgIpc) is 2.91. The van der Waals surface area contributed by atoms with Crippen LogP contribution in [0.25, 0.3) is 0 Å². The molecule has 2 saturated heterocycles. The number of hydrogen-bond donors (Lipinski definition) is 1. The van der Waals surface area contributed by atoms with Gasteiger partial charge in [-0.05, 0) is 38.5 Å². The predicted molar refractivity (Wildman–Crippen MR) is 82.9 cm³/mol. The fraction of sp³-hybridized carbons (Fsp3) is 0.941. The first kappa shape index (κ1) is 18.4. The number of nitrogens with zero attached hydrogens (tertiary/aromatic N) is 1. The summed E-state index contributed by atoms with van der Waals surface area (Å²) in [4.78, 5) is 0. The Kier molecular flexibility index (Phi) is 8.24. The number of rotatable bonds is 6. The second kappa shape index (κ2) is 9.40. The Morgan fingerprint density at radius 3 is 2.62 bits per heavy atom. The smallest absolute Gasteiger partial charge is 0.0968 e.